The number of furan rings is 1. The van der Waals surface area contributed by atoms with Gasteiger partial charge in [-0.2, -0.15) is 0 Å². The average molecular weight is 232 g/mol. The standard InChI is InChI=1S/C9H16N2O3S/c10-4-1-2-6-15(12,13)11-7-9-3-5-14-8-9/h3,5,8,11H,1-2,4,6-7,10H2. The zero-order valence-electron chi connectivity index (χ0n) is 8.48. The predicted molar refractivity (Wildman–Crippen MR) is 57.6 cm³/mol. The second-order valence-electron chi connectivity index (χ2n) is 3.27. The van der Waals surface area contributed by atoms with Crippen molar-refractivity contribution < 1.29 is 12.8 Å². The normalized spacial score (nSPS) is 11.8. The molecule has 0 amide bonds. The van der Waals surface area contributed by atoms with Crippen molar-refractivity contribution in [3.8, 4) is 0 Å². The van der Waals surface area contributed by atoms with Crippen LogP contribution >= 0.6 is 0 Å². The van der Waals surface area contributed by atoms with Gasteiger partial charge in [-0.05, 0) is 25.5 Å². The summed E-state index contributed by atoms with van der Waals surface area (Å²) in [6.07, 6.45) is 4.35. The molecule has 0 saturated heterocycles. The molecule has 1 rings (SSSR count). The van der Waals surface area contributed by atoms with E-state index in [-0.39, 0.29) is 12.3 Å². The van der Waals surface area contributed by atoms with Gasteiger partial charge in [-0.1, -0.05) is 0 Å². The molecule has 0 fully saturated rings. The van der Waals surface area contributed by atoms with E-state index in [0.717, 1.165) is 12.0 Å². The molecular formula is C9H16N2O3S. The first-order valence-electron chi connectivity index (χ1n) is 4.82. The summed E-state index contributed by atoms with van der Waals surface area (Å²) >= 11 is 0. The van der Waals surface area contributed by atoms with E-state index in [1.807, 2.05) is 0 Å². The van der Waals surface area contributed by atoms with Crippen molar-refractivity contribution in [1.82, 2.24) is 4.72 Å². The highest BCUT2D eigenvalue weighted by molar-refractivity contribution is 7.89. The lowest BCUT2D eigenvalue weighted by atomic mass is 10.3. The maximum absolute atomic E-state index is 11.4. The van der Waals surface area contributed by atoms with Crippen molar-refractivity contribution >= 4 is 10.0 Å². The van der Waals surface area contributed by atoms with Crippen LogP contribution in [0.4, 0.5) is 0 Å². The van der Waals surface area contributed by atoms with Gasteiger partial charge in [-0.25, -0.2) is 13.1 Å². The molecule has 1 heterocycles. The topological polar surface area (TPSA) is 85.3 Å². The minimum atomic E-state index is -3.18. The first-order chi connectivity index (χ1) is 7.14. The second kappa shape index (κ2) is 5.89. The van der Waals surface area contributed by atoms with E-state index in [0.29, 0.717) is 13.0 Å². The Morgan fingerprint density at radius 1 is 1.40 bits per heavy atom. The van der Waals surface area contributed by atoms with Gasteiger partial charge in [0.25, 0.3) is 0 Å². The Bertz CT molecular complexity index is 359. The van der Waals surface area contributed by atoms with Gasteiger partial charge < -0.3 is 10.2 Å². The number of rotatable bonds is 7. The van der Waals surface area contributed by atoms with Crippen LogP contribution in [0.2, 0.25) is 0 Å². The largest absolute Gasteiger partial charge is 0.472 e. The van der Waals surface area contributed by atoms with Crippen molar-refractivity contribution in [3.63, 3.8) is 0 Å². The van der Waals surface area contributed by atoms with Crippen LogP contribution < -0.4 is 10.5 Å². The molecule has 0 aliphatic heterocycles. The molecule has 0 aromatic carbocycles. The number of nitrogens with one attached hydrogen (secondary N) is 1. The SMILES string of the molecule is NCCCCS(=O)(=O)NCc1ccoc1. The molecule has 0 radical (unpaired) electrons. The van der Waals surface area contributed by atoms with Gasteiger partial charge in [-0.3, -0.25) is 0 Å². The van der Waals surface area contributed by atoms with Gasteiger partial charge in [-0.15, -0.1) is 0 Å². The summed E-state index contributed by atoms with van der Waals surface area (Å²) in [5.41, 5.74) is 6.10. The van der Waals surface area contributed by atoms with Crippen molar-refractivity contribution in [2.24, 2.45) is 5.73 Å². The van der Waals surface area contributed by atoms with Crippen LogP contribution in [0.3, 0.4) is 0 Å². The minimum absolute atomic E-state index is 0.127. The second-order valence-corrected chi connectivity index (χ2v) is 5.19. The van der Waals surface area contributed by atoms with Crippen molar-refractivity contribution in [3.05, 3.63) is 24.2 Å². The number of hydrogen-bond donors (Lipinski definition) is 2. The fourth-order valence-corrected chi connectivity index (χ4v) is 2.21. The lowest BCUT2D eigenvalue weighted by Gasteiger charge is -2.04. The Morgan fingerprint density at radius 3 is 2.80 bits per heavy atom. The lowest BCUT2D eigenvalue weighted by Crippen LogP contribution is -2.26. The Balaban J connectivity index is 2.30. The summed E-state index contributed by atoms with van der Waals surface area (Å²) in [6.45, 7) is 0.804. The fourth-order valence-electron chi connectivity index (χ4n) is 1.10. The van der Waals surface area contributed by atoms with E-state index in [1.165, 1.54) is 12.5 Å². The third-order valence-corrected chi connectivity index (χ3v) is 3.35. The molecule has 0 spiro atoms. The molecule has 0 atom stereocenters. The maximum Gasteiger partial charge on any atom is 0.211 e. The molecule has 0 unspecified atom stereocenters. The summed E-state index contributed by atoms with van der Waals surface area (Å²) in [5.74, 6) is 0.127. The zero-order chi connectivity index (χ0) is 11.1. The Labute approximate surface area is 89.7 Å². The third-order valence-electron chi connectivity index (χ3n) is 1.94. The molecule has 1 aromatic rings. The molecule has 6 heteroatoms. The Morgan fingerprint density at radius 2 is 2.20 bits per heavy atom. The molecule has 86 valence electrons. The first kappa shape index (κ1) is 12.2. The molecule has 0 saturated carbocycles. The number of nitrogens with two attached hydrogens (primary N) is 1. The summed E-state index contributed by atoms with van der Waals surface area (Å²) < 4.78 is 30.2. The molecule has 15 heavy (non-hydrogen) atoms. The Hall–Kier alpha value is -0.850. The number of hydrogen-bond acceptors (Lipinski definition) is 4. The van der Waals surface area contributed by atoms with Crippen LogP contribution in [0.5, 0.6) is 0 Å². The molecule has 5 nitrogen and oxygen atoms in total. The average Bonchev–Trinajstić information content (AvgIpc) is 2.68. The van der Waals surface area contributed by atoms with E-state index in [9.17, 15) is 8.42 Å². The quantitative estimate of drug-likeness (QED) is 0.668. The van der Waals surface area contributed by atoms with Crippen LogP contribution in [-0.4, -0.2) is 20.7 Å². The van der Waals surface area contributed by atoms with E-state index < -0.39 is 10.0 Å². The third kappa shape index (κ3) is 4.96. The predicted octanol–water partition coefficient (Wildman–Crippen LogP) is 0.438. The number of unbranched alkanes of at least 4 members (excludes halogenated alkanes) is 1. The van der Waals surface area contributed by atoms with E-state index >= 15 is 0 Å². The maximum atomic E-state index is 11.4. The molecule has 0 aliphatic rings. The fraction of sp³-hybridized carbons (Fsp3) is 0.556. The van der Waals surface area contributed by atoms with E-state index in [4.69, 9.17) is 10.2 Å². The summed E-state index contributed by atoms with van der Waals surface area (Å²) in [6, 6.07) is 1.72. The van der Waals surface area contributed by atoms with Crippen molar-refractivity contribution in [2.45, 2.75) is 19.4 Å². The smallest absolute Gasteiger partial charge is 0.211 e. The molecular weight excluding hydrogens is 216 g/mol. The van der Waals surface area contributed by atoms with Crippen molar-refractivity contribution in [1.29, 1.82) is 0 Å². The Kier molecular flexibility index (Phi) is 4.80. The molecule has 1 aromatic heterocycles. The van der Waals surface area contributed by atoms with Gasteiger partial charge in [0.15, 0.2) is 0 Å². The molecule has 3 N–H and O–H groups in total. The van der Waals surface area contributed by atoms with Crippen LogP contribution in [0, 0.1) is 0 Å². The van der Waals surface area contributed by atoms with Crippen LogP contribution in [0.25, 0.3) is 0 Å². The highest BCUT2D eigenvalue weighted by Gasteiger charge is 2.09. The minimum Gasteiger partial charge on any atom is -0.472 e. The van der Waals surface area contributed by atoms with Gasteiger partial charge in [0, 0.05) is 12.1 Å². The van der Waals surface area contributed by atoms with Crippen LogP contribution in [-0.2, 0) is 16.6 Å². The summed E-state index contributed by atoms with van der Waals surface area (Å²) in [5, 5.41) is 0. The van der Waals surface area contributed by atoms with E-state index in [2.05, 4.69) is 4.72 Å². The molecule has 0 bridgehead atoms. The zero-order valence-corrected chi connectivity index (χ0v) is 9.29. The lowest BCUT2D eigenvalue weighted by molar-refractivity contribution is 0.560. The summed E-state index contributed by atoms with van der Waals surface area (Å²) in [4.78, 5) is 0. The highest BCUT2D eigenvalue weighted by Crippen LogP contribution is 2.01. The van der Waals surface area contributed by atoms with Crippen LogP contribution in [0.15, 0.2) is 23.0 Å². The highest BCUT2D eigenvalue weighted by atomic mass is 32.2. The van der Waals surface area contributed by atoms with Crippen molar-refractivity contribution in [2.75, 3.05) is 12.3 Å². The van der Waals surface area contributed by atoms with Gasteiger partial charge in [0.05, 0.1) is 18.3 Å². The monoisotopic (exact) mass is 232 g/mol. The van der Waals surface area contributed by atoms with Gasteiger partial charge in [0.2, 0.25) is 10.0 Å². The van der Waals surface area contributed by atoms with E-state index in [1.54, 1.807) is 6.07 Å². The van der Waals surface area contributed by atoms with Gasteiger partial charge >= 0.3 is 0 Å². The summed E-state index contributed by atoms with van der Waals surface area (Å²) in [7, 11) is -3.18. The molecule has 0 aliphatic carbocycles. The first-order valence-corrected chi connectivity index (χ1v) is 6.48. The van der Waals surface area contributed by atoms with Crippen LogP contribution in [0.1, 0.15) is 18.4 Å². The number of sulfonamides is 1. The van der Waals surface area contributed by atoms with Gasteiger partial charge in [0.1, 0.15) is 0 Å².